The molecule has 0 saturated heterocycles. The molecule has 3 nitrogen and oxygen atoms in total. The Morgan fingerprint density at radius 1 is 1.22 bits per heavy atom. The van der Waals surface area contributed by atoms with Gasteiger partial charge in [-0.3, -0.25) is 0 Å². The van der Waals surface area contributed by atoms with Crippen LogP contribution in [0.1, 0.15) is 18.9 Å². The maximum absolute atomic E-state index is 6.07. The van der Waals surface area contributed by atoms with Crippen molar-refractivity contribution in [2.24, 2.45) is 0 Å². The number of benzene rings is 1. The maximum atomic E-state index is 6.07. The Hall–Kier alpha value is -0.880. The van der Waals surface area contributed by atoms with Crippen LogP contribution >= 0.6 is 34.2 Å². The lowest BCUT2D eigenvalue weighted by atomic mass is 10.2. The molecule has 0 N–H and O–H groups in total. The molecule has 0 spiro atoms. The van der Waals surface area contributed by atoms with Gasteiger partial charge >= 0.3 is 0 Å². The minimum Gasteiger partial charge on any atom is -0.439 e. The minimum absolute atomic E-state index is 0.465. The predicted octanol–water partition coefficient (Wildman–Crippen LogP) is 4.48. The van der Waals surface area contributed by atoms with E-state index in [1.54, 1.807) is 0 Å². The fourth-order valence-electron chi connectivity index (χ4n) is 1.54. The average molecular weight is 375 g/mol. The molecular formula is C13H12ClIN2O. The van der Waals surface area contributed by atoms with Crippen molar-refractivity contribution < 1.29 is 4.74 Å². The van der Waals surface area contributed by atoms with Crippen LogP contribution in [0.2, 0.25) is 5.15 Å². The van der Waals surface area contributed by atoms with Crippen molar-refractivity contribution in [2.45, 2.75) is 19.8 Å². The summed E-state index contributed by atoms with van der Waals surface area (Å²) in [5, 5.41) is 0.465. The molecule has 0 amide bonds. The summed E-state index contributed by atoms with van der Waals surface area (Å²) in [7, 11) is 0. The summed E-state index contributed by atoms with van der Waals surface area (Å²) in [6.07, 6.45) is 3.19. The van der Waals surface area contributed by atoms with Crippen LogP contribution in [-0.4, -0.2) is 9.97 Å². The van der Waals surface area contributed by atoms with Crippen molar-refractivity contribution in [2.75, 3.05) is 0 Å². The van der Waals surface area contributed by atoms with E-state index in [0.29, 0.717) is 11.0 Å². The molecule has 2 rings (SSSR count). The first-order chi connectivity index (χ1) is 8.70. The second-order valence-corrected chi connectivity index (χ2v) is 5.36. The Morgan fingerprint density at radius 2 is 1.94 bits per heavy atom. The van der Waals surface area contributed by atoms with Gasteiger partial charge in [-0.15, -0.1) is 0 Å². The molecule has 0 atom stereocenters. The average Bonchev–Trinajstić information content (AvgIpc) is 2.36. The molecule has 94 valence electrons. The standard InChI is InChI=1S/C13H12ClIN2O/c1-2-3-11-12(14)16-8-17-13(11)18-10-6-4-9(15)5-7-10/h4-8H,2-3H2,1H3. The van der Waals surface area contributed by atoms with E-state index in [-0.39, 0.29) is 0 Å². The van der Waals surface area contributed by atoms with Crippen LogP contribution in [0.15, 0.2) is 30.6 Å². The lowest BCUT2D eigenvalue weighted by molar-refractivity contribution is 0.454. The number of ether oxygens (including phenoxy) is 1. The van der Waals surface area contributed by atoms with E-state index in [9.17, 15) is 0 Å². The van der Waals surface area contributed by atoms with Gasteiger partial charge in [0.25, 0.3) is 0 Å². The van der Waals surface area contributed by atoms with Gasteiger partial charge in [-0.25, -0.2) is 9.97 Å². The lowest BCUT2D eigenvalue weighted by Crippen LogP contribution is -1.97. The molecule has 0 radical (unpaired) electrons. The van der Waals surface area contributed by atoms with Crippen molar-refractivity contribution in [3.8, 4) is 11.6 Å². The summed E-state index contributed by atoms with van der Waals surface area (Å²) >= 11 is 8.32. The summed E-state index contributed by atoms with van der Waals surface area (Å²) in [5.41, 5.74) is 0.861. The number of hydrogen-bond donors (Lipinski definition) is 0. The SMILES string of the molecule is CCCc1c(Cl)ncnc1Oc1ccc(I)cc1. The van der Waals surface area contributed by atoms with Crippen molar-refractivity contribution in [3.05, 3.63) is 44.9 Å². The highest BCUT2D eigenvalue weighted by molar-refractivity contribution is 14.1. The minimum atomic E-state index is 0.465. The van der Waals surface area contributed by atoms with Crippen LogP contribution in [0.25, 0.3) is 0 Å². The Labute approximate surface area is 125 Å². The molecule has 1 heterocycles. The Balaban J connectivity index is 2.28. The van der Waals surface area contributed by atoms with Crippen molar-refractivity contribution in [1.82, 2.24) is 9.97 Å². The van der Waals surface area contributed by atoms with Gasteiger partial charge in [0.2, 0.25) is 5.88 Å². The third kappa shape index (κ3) is 3.32. The first-order valence-electron chi connectivity index (χ1n) is 5.63. The van der Waals surface area contributed by atoms with Crippen LogP contribution in [0.3, 0.4) is 0 Å². The molecule has 18 heavy (non-hydrogen) atoms. The van der Waals surface area contributed by atoms with Crippen molar-refractivity contribution in [3.63, 3.8) is 0 Å². The van der Waals surface area contributed by atoms with Crippen LogP contribution in [0, 0.1) is 3.57 Å². The summed E-state index contributed by atoms with van der Waals surface area (Å²) in [6.45, 7) is 2.08. The number of halogens is 2. The molecule has 0 unspecified atom stereocenters. The molecule has 2 aromatic rings. The summed E-state index contributed by atoms with van der Waals surface area (Å²) in [5.74, 6) is 1.29. The predicted molar refractivity (Wildman–Crippen MR) is 80.3 cm³/mol. The Bertz CT molecular complexity index is 531. The molecule has 0 aliphatic heterocycles. The van der Waals surface area contributed by atoms with Gasteiger partial charge < -0.3 is 4.74 Å². The first kappa shape index (κ1) is 13.5. The van der Waals surface area contributed by atoms with Gasteiger partial charge in [0.1, 0.15) is 17.2 Å². The van der Waals surface area contributed by atoms with Gasteiger partial charge in [0.05, 0.1) is 5.56 Å². The maximum Gasteiger partial charge on any atom is 0.226 e. The van der Waals surface area contributed by atoms with Crippen LogP contribution in [0.4, 0.5) is 0 Å². The molecular weight excluding hydrogens is 363 g/mol. The monoisotopic (exact) mass is 374 g/mol. The van der Waals surface area contributed by atoms with Crippen LogP contribution in [-0.2, 0) is 6.42 Å². The highest BCUT2D eigenvalue weighted by Crippen LogP contribution is 2.28. The zero-order valence-electron chi connectivity index (χ0n) is 9.86. The zero-order valence-corrected chi connectivity index (χ0v) is 12.8. The van der Waals surface area contributed by atoms with E-state index in [0.717, 1.165) is 27.7 Å². The third-order valence-electron chi connectivity index (χ3n) is 2.38. The Morgan fingerprint density at radius 3 is 2.61 bits per heavy atom. The molecule has 0 bridgehead atoms. The highest BCUT2D eigenvalue weighted by atomic mass is 127. The van der Waals surface area contributed by atoms with Crippen LogP contribution in [0.5, 0.6) is 11.6 Å². The molecule has 5 heteroatoms. The lowest BCUT2D eigenvalue weighted by Gasteiger charge is -2.10. The van der Waals surface area contributed by atoms with Gasteiger partial charge in [0, 0.05) is 3.57 Å². The second kappa shape index (κ2) is 6.33. The van der Waals surface area contributed by atoms with Gasteiger partial charge in [0.15, 0.2) is 0 Å². The van der Waals surface area contributed by atoms with Gasteiger partial charge in [-0.2, -0.15) is 0 Å². The first-order valence-corrected chi connectivity index (χ1v) is 7.09. The second-order valence-electron chi connectivity index (χ2n) is 3.75. The van der Waals surface area contributed by atoms with Gasteiger partial charge in [-0.1, -0.05) is 24.9 Å². The van der Waals surface area contributed by atoms with E-state index >= 15 is 0 Å². The Kier molecular flexibility index (Phi) is 4.77. The summed E-state index contributed by atoms with van der Waals surface area (Å²) in [4.78, 5) is 8.14. The van der Waals surface area contributed by atoms with Crippen LogP contribution < -0.4 is 4.74 Å². The number of nitrogens with zero attached hydrogens (tertiary/aromatic N) is 2. The van der Waals surface area contributed by atoms with E-state index in [1.807, 2.05) is 24.3 Å². The quantitative estimate of drug-likeness (QED) is 0.585. The van der Waals surface area contributed by atoms with E-state index in [1.165, 1.54) is 6.33 Å². The summed E-state index contributed by atoms with van der Waals surface area (Å²) < 4.78 is 6.92. The highest BCUT2D eigenvalue weighted by Gasteiger charge is 2.11. The fraction of sp³-hybridized carbons (Fsp3) is 0.231. The molecule has 1 aromatic heterocycles. The molecule has 0 aliphatic carbocycles. The van der Waals surface area contributed by atoms with Crippen molar-refractivity contribution in [1.29, 1.82) is 0 Å². The normalized spacial score (nSPS) is 10.4. The van der Waals surface area contributed by atoms with E-state index in [4.69, 9.17) is 16.3 Å². The molecule has 0 aliphatic rings. The molecule has 0 saturated carbocycles. The fourth-order valence-corrected chi connectivity index (χ4v) is 2.12. The number of rotatable bonds is 4. The van der Waals surface area contributed by atoms with Crippen molar-refractivity contribution >= 4 is 34.2 Å². The molecule has 1 aromatic carbocycles. The smallest absolute Gasteiger partial charge is 0.226 e. The van der Waals surface area contributed by atoms with E-state index in [2.05, 4.69) is 39.5 Å². The molecule has 0 fully saturated rings. The zero-order chi connectivity index (χ0) is 13.0. The largest absolute Gasteiger partial charge is 0.439 e. The summed E-state index contributed by atoms with van der Waals surface area (Å²) in [6, 6.07) is 7.79. The van der Waals surface area contributed by atoms with E-state index < -0.39 is 0 Å². The topological polar surface area (TPSA) is 35.0 Å². The van der Waals surface area contributed by atoms with Gasteiger partial charge in [-0.05, 0) is 53.3 Å². The number of hydrogen-bond acceptors (Lipinski definition) is 3. The number of aromatic nitrogens is 2. The third-order valence-corrected chi connectivity index (χ3v) is 3.43.